The van der Waals surface area contributed by atoms with Crippen LogP contribution >= 0.6 is 0 Å². The molecule has 1 aromatic rings. The van der Waals surface area contributed by atoms with Gasteiger partial charge in [0.25, 0.3) is 0 Å². The first-order valence-corrected chi connectivity index (χ1v) is 8.44. The number of aldehydes is 1. The standard InChI is InChI=1S/C9H9NO2.C5H12N2O2.C4H4O3.H3N/c1-7(12)10-9-4-2-8(6-11)3-5-9;6-3-1-2-4(7)5(8)9;5-3-1-2-4(6)7-3;/h2-6H,1H3,(H,10,12);4H,1-3,6-7H2,(H,8,9);1-2H2;1H3/t;4-;;/m.0../s1. The van der Waals surface area contributed by atoms with Crippen LogP contribution in [-0.2, 0) is 23.9 Å². The number of rotatable bonds is 6. The second kappa shape index (κ2) is 15.9. The number of nitrogens with one attached hydrogen (secondary N) is 1. The summed E-state index contributed by atoms with van der Waals surface area (Å²) in [5, 5.41) is 10.8. The van der Waals surface area contributed by atoms with Crippen LogP contribution in [0.25, 0.3) is 0 Å². The van der Waals surface area contributed by atoms with Crippen molar-refractivity contribution in [2.24, 2.45) is 11.5 Å². The molecule has 1 aliphatic rings. The Morgan fingerprint density at radius 1 is 1.21 bits per heavy atom. The highest BCUT2D eigenvalue weighted by atomic mass is 16.6. The van der Waals surface area contributed by atoms with E-state index in [1.807, 2.05) is 0 Å². The predicted molar refractivity (Wildman–Crippen MR) is 105 cm³/mol. The molecule has 0 unspecified atom stereocenters. The fourth-order valence-corrected chi connectivity index (χ4v) is 1.74. The van der Waals surface area contributed by atoms with Crippen LogP contribution in [0.1, 0.15) is 43.0 Å². The van der Waals surface area contributed by atoms with Gasteiger partial charge in [-0.3, -0.25) is 24.0 Å². The molecule has 0 spiro atoms. The van der Waals surface area contributed by atoms with Crippen LogP contribution < -0.4 is 22.9 Å². The molecule has 11 nitrogen and oxygen atoms in total. The molecule has 0 bridgehead atoms. The molecule has 9 N–H and O–H groups in total. The summed E-state index contributed by atoms with van der Waals surface area (Å²) >= 11 is 0. The van der Waals surface area contributed by atoms with E-state index in [4.69, 9.17) is 16.6 Å². The van der Waals surface area contributed by atoms with E-state index in [9.17, 15) is 24.0 Å². The van der Waals surface area contributed by atoms with Gasteiger partial charge >= 0.3 is 17.9 Å². The van der Waals surface area contributed by atoms with Crippen molar-refractivity contribution in [1.82, 2.24) is 6.15 Å². The first-order valence-electron chi connectivity index (χ1n) is 8.44. The maximum absolute atomic E-state index is 10.6. The number of carbonyl (C=O) groups excluding carboxylic acids is 4. The number of aliphatic carboxylic acids is 1. The lowest BCUT2D eigenvalue weighted by Gasteiger charge is -2.02. The minimum atomic E-state index is -0.955. The maximum atomic E-state index is 10.6. The highest BCUT2D eigenvalue weighted by molar-refractivity contribution is 5.92. The Morgan fingerprint density at radius 3 is 2.03 bits per heavy atom. The topological polar surface area (TPSA) is 214 Å². The average molecular weight is 412 g/mol. The third-order valence-electron chi connectivity index (χ3n) is 3.16. The van der Waals surface area contributed by atoms with E-state index in [0.717, 1.165) is 6.29 Å². The summed E-state index contributed by atoms with van der Waals surface area (Å²) in [6.45, 7) is 1.94. The lowest BCUT2D eigenvalue weighted by atomic mass is 10.2. The molecule has 1 atom stereocenters. The van der Waals surface area contributed by atoms with Gasteiger partial charge in [0, 0.05) is 18.2 Å². The van der Waals surface area contributed by atoms with Gasteiger partial charge < -0.3 is 32.8 Å². The molecule has 1 amide bonds. The second-order valence-electron chi connectivity index (χ2n) is 5.64. The summed E-state index contributed by atoms with van der Waals surface area (Å²) in [4.78, 5) is 50.9. The summed E-state index contributed by atoms with van der Waals surface area (Å²) in [6, 6.07) is 5.93. The first-order chi connectivity index (χ1) is 13.2. The largest absolute Gasteiger partial charge is 0.480 e. The number of hydrogen-bond donors (Lipinski definition) is 5. The van der Waals surface area contributed by atoms with Crippen molar-refractivity contribution in [1.29, 1.82) is 0 Å². The van der Waals surface area contributed by atoms with Gasteiger partial charge in [-0.2, -0.15) is 0 Å². The Balaban J connectivity index is 0. The van der Waals surface area contributed by atoms with Crippen LogP contribution in [0.4, 0.5) is 5.69 Å². The number of hydrogen-bond acceptors (Lipinski definition) is 9. The molecular formula is C18H28N4O7. The average Bonchev–Trinajstić information content (AvgIpc) is 3.03. The van der Waals surface area contributed by atoms with Gasteiger partial charge in [0.1, 0.15) is 12.3 Å². The van der Waals surface area contributed by atoms with Crippen LogP contribution in [0, 0.1) is 0 Å². The van der Waals surface area contributed by atoms with Crippen molar-refractivity contribution < 1.29 is 33.8 Å². The van der Waals surface area contributed by atoms with Gasteiger partial charge in [0.15, 0.2) is 0 Å². The Morgan fingerprint density at radius 2 is 1.72 bits per heavy atom. The van der Waals surface area contributed by atoms with Gasteiger partial charge in [-0.15, -0.1) is 0 Å². The van der Waals surface area contributed by atoms with Crippen LogP contribution in [-0.4, -0.2) is 47.8 Å². The SMILES string of the molecule is CC(=O)Nc1ccc(C=O)cc1.N.NCCC[C@H](N)C(=O)O.O=C1CCC(=O)O1. The molecule has 29 heavy (non-hydrogen) atoms. The number of amides is 1. The van der Waals surface area contributed by atoms with Crippen molar-refractivity contribution in [2.45, 2.75) is 38.6 Å². The summed E-state index contributed by atoms with van der Waals surface area (Å²) in [5.41, 5.74) is 11.6. The fraction of sp³-hybridized carbons (Fsp3) is 0.389. The smallest absolute Gasteiger partial charge is 0.320 e. The van der Waals surface area contributed by atoms with Crippen molar-refractivity contribution in [3.63, 3.8) is 0 Å². The van der Waals surface area contributed by atoms with Gasteiger partial charge in [-0.05, 0) is 43.7 Å². The molecular weight excluding hydrogens is 384 g/mol. The van der Waals surface area contributed by atoms with Crippen LogP contribution in [0.15, 0.2) is 24.3 Å². The predicted octanol–water partition coefficient (Wildman–Crippen LogP) is 0.607. The molecule has 0 aliphatic carbocycles. The van der Waals surface area contributed by atoms with Crippen molar-refractivity contribution in [3.05, 3.63) is 29.8 Å². The molecule has 0 radical (unpaired) electrons. The summed E-state index contributed by atoms with van der Waals surface area (Å²) in [6.07, 6.45) is 2.43. The minimum Gasteiger partial charge on any atom is -0.480 e. The number of carbonyl (C=O) groups is 5. The number of nitrogens with two attached hydrogens (primary N) is 2. The molecule has 1 aliphatic heterocycles. The molecule has 1 heterocycles. The van der Waals surface area contributed by atoms with E-state index < -0.39 is 23.9 Å². The van der Waals surface area contributed by atoms with Crippen LogP contribution in [0.5, 0.6) is 0 Å². The number of anilines is 1. The normalized spacial score (nSPS) is 12.7. The molecule has 1 fully saturated rings. The third-order valence-corrected chi connectivity index (χ3v) is 3.16. The van der Waals surface area contributed by atoms with Gasteiger partial charge in [0.2, 0.25) is 5.91 Å². The highest BCUT2D eigenvalue weighted by Gasteiger charge is 2.19. The summed E-state index contributed by atoms with van der Waals surface area (Å²) in [5.74, 6) is -1.87. The van der Waals surface area contributed by atoms with E-state index in [2.05, 4.69) is 10.1 Å². The molecule has 1 aromatic carbocycles. The Bertz CT molecular complexity index is 663. The van der Waals surface area contributed by atoms with Gasteiger partial charge in [0.05, 0.1) is 12.8 Å². The number of esters is 2. The lowest BCUT2D eigenvalue weighted by Crippen LogP contribution is -2.30. The van der Waals surface area contributed by atoms with Crippen molar-refractivity contribution >= 4 is 35.8 Å². The number of cyclic esters (lactones) is 2. The van der Waals surface area contributed by atoms with Gasteiger partial charge in [-0.1, -0.05) is 0 Å². The molecule has 1 saturated heterocycles. The maximum Gasteiger partial charge on any atom is 0.320 e. The summed E-state index contributed by atoms with van der Waals surface area (Å²) in [7, 11) is 0. The van der Waals surface area contributed by atoms with E-state index in [1.54, 1.807) is 24.3 Å². The van der Waals surface area contributed by atoms with Crippen molar-refractivity contribution in [2.75, 3.05) is 11.9 Å². The van der Waals surface area contributed by atoms with Crippen LogP contribution in [0.2, 0.25) is 0 Å². The second-order valence-corrected chi connectivity index (χ2v) is 5.64. The fourth-order valence-electron chi connectivity index (χ4n) is 1.74. The molecule has 11 heteroatoms. The molecule has 2 rings (SSSR count). The number of benzene rings is 1. The zero-order valence-electron chi connectivity index (χ0n) is 16.3. The van der Waals surface area contributed by atoms with E-state index in [0.29, 0.717) is 30.6 Å². The van der Waals surface area contributed by atoms with E-state index in [-0.39, 0.29) is 24.9 Å². The monoisotopic (exact) mass is 412 g/mol. The minimum absolute atomic E-state index is 0. The zero-order valence-corrected chi connectivity index (χ0v) is 16.3. The Kier molecular flexibility index (Phi) is 15.4. The quantitative estimate of drug-likeness (QED) is 0.249. The number of carboxylic acids is 1. The van der Waals surface area contributed by atoms with Crippen LogP contribution in [0.3, 0.4) is 0 Å². The Hall–Kier alpha value is -3.15. The van der Waals surface area contributed by atoms with E-state index in [1.165, 1.54) is 6.92 Å². The molecule has 162 valence electrons. The number of carboxylic acid groups (broad SMARTS) is 1. The van der Waals surface area contributed by atoms with E-state index >= 15 is 0 Å². The first kappa shape index (κ1) is 28.1. The molecule has 0 saturated carbocycles. The highest BCUT2D eigenvalue weighted by Crippen LogP contribution is 2.07. The zero-order chi connectivity index (χ0) is 21.5. The lowest BCUT2D eigenvalue weighted by molar-refractivity contribution is -0.152. The summed E-state index contributed by atoms with van der Waals surface area (Å²) < 4.78 is 4.08. The number of ether oxygens (including phenoxy) is 1. The molecule has 0 aromatic heterocycles. The van der Waals surface area contributed by atoms with Crippen molar-refractivity contribution in [3.8, 4) is 0 Å². The Labute approximate surface area is 168 Å². The third kappa shape index (κ3) is 14.6. The van der Waals surface area contributed by atoms with Gasteiger partial charge in [-0.25, -0.2) is 0 Å².